The van der Waals surface area contributed by atoms with Gasteiger partial charge in [0.15, 0.2) is 17.2 Å². The van der Waals surface area contributed by atoms with Crippen molar-refractivity contribution in [1.82, 2.24) is 10.2 Å². The lowest BCUT2D eigenvalue weighted by Crippen LogP contribution is -2.50. The van der Waals surface area contributed by atoms with E-state index < -0.39 is 24.4 Å². The number of urea groups is 1. The Hall–Kier alpha value is -4.27. The van der Waals surface area contributed by atoms with Crippen molar-refractivity contribution >= 4 is 34.8 Å². The second-order valence-electron chi connectivity index (χ2n) is 6.99. The summed E-state index contributed by atoms with van der Waals surface area (Å²) in [6.45, 7) is -0.0723. The first-order valence-electron chi connectivity index (χ1n) is 9.54. The molecular formula is C22H16N4O5. The van der Waals surface area contributed by atoms with Gasteiger partial charge < -0.3 is 14.8 Å². The van der Waals surface area contributed by atoms with Crippen LogP contribution in [0.15, 0.2) is 64.7 Å². The summed E-state index contributed by atoms with van der Waals surface area (Å²) in [5.41, 5.74) is 2.49. The Morgan fingerprint density at radius 2 is 1.84 bits per heavy atom. The van der Waals surface area contributed by atoms with Crippen LogP contribution in [-0.4, -0.2) is 47.5 Å². The van der Waals surface area contributed by atoms with Gasteiger partial charge in [0, 0.05) is 18.3 Å². The summed E-state index contributed by atoms with van der Waals surface area (Å²) in [5.74, 6) is 0.119. The third kappa shape index (κ3) is 3.46. The third-order valence-corrected chi connectivity index (χ3v) is 5.00. The van der Waals surface area contributed by atoms with Gasteiger partial charge in [-0.25, -0.2) is 14.7 Å². The molecular weight excluding hydrogens is 400 g/mol. The van der Waals surface area contributed by atoms with Crippen molar-refractivity contribution in [3.8, 4) is 11.5 Å². The van der Waals surface area contributed by atoms with E-state index in [1.54, 1.807) is 18.2 Å². The summed E-state index contributed by atoms with van der Waals surface area (Å²) in [6, 6.07) is 13.8. The molecule has 0 radical (unpaired) electrons. The Morgan fingerprint density at radius 3 is 2.68 bits per heavy atom. The molecule has 3 heterocycles. The number of rotatable bonds is 5. The average molecular weight is 416 g/mol. The van der Waals surface area contributed by atoms with Gasteiger partial charge in [-0.1, -0.05) is 36.4 Å². The number of carbonyl (C=O) groups is 3. The van der Waals surface area contributed by atoms with Crippen molar-refractivity contribution in [2.45, 2.75) is 6.54 Å². The van der Waals surface area contributed by atoms with Gasteiger partial charge in [0.05, 0.1) is 0 Å². The smallest absolute Gasteiger partial charge is 0.351 e. The number of nitrogens with one attached hydrogen (secondary N) is 1. The van der Waals surface area contributed by atoms with E-state index in [4.69, 9.17) is 9.47 Å². The normalized spacial score (nSPS) is 16.5. The van der Waals surface area contributed by atoms with Crippen LogP contribution in [0.1, 0.15) is 11.1 Å². The zero-order valence-electron chi connectivity index (χ0n) is 16.2. The summed E-state index contributed by atoms with van der Waals surface area (Å²) < 4.78 is 10.6. The Balaban J connectivity index is 1.25. The number of benzene rings is 2. The number of nitrogens with zero attached hydrogens (tertiary/aromatic N) is 3. The molecule has 0 aromatic heterocycles. The van der Waals surface area contributed by atoms with E-state index in [1.165, 1.54) is 6.20 Å². The lowest BCUT2D eigenvalue weighted by atomic mass is 9.99. The minimum atomic E-state index is -0.791. The molecule has 2 aromatic rings. The second kappa shape index (κ2) is 7.52. The van der Waals surface area contributed by atoms with Gasteiger partial charge >= 0.3 is 6.03 Å². The van der Waals surface area contributed by atoms with Crippen molar-refractivity contribution in [3.63, 3.8) is 0 Å². The van der Waals surface area contributed by atoms with E-state index in [0.29, 0.717) is 17.1 Å². The maximum absolute atomic E-state index is 12.8. The standard InChI is InChI=1S/C22H16N4O5/c27-18(23-9-13-6-7-16-17(8-13)31-12-30-16)11-26-21(28)20-19(25-22(26)29)15(10-24-20)14-4-2-1-3-5-14/h1-8,10H,9,11-12H2,(H,23,27). The van der Waals surface area contributed by atoms with Crippen LogP contribution < -0.4 is 14.8 Å². The molecule has 3 aliphatic rings. The number of imide groups is 1. The molecule has 9 heteroatoms. The van der Waals surface area contributed by atoms with E-state index in [1.807, 2.05) is 30.3 Å². The topological polar surface area (TPSA) is 110 Å². The number of aliphatic imine (C=N–C) groups is 2. The van der Waals surface area contributed by atoms with Gasteiger partial charge in [-0.2, -0.15) is 4.99 Å². The van der Waals surface area contributed by atoms with Gasteiger partial charge in [-0.15, -0.1) is 0 Å². The summed E-state index contributed by atoms with van der Waals surface area (Å²) in [6.07, 6.45) is 1.51. The monoisotopic (exact) mass is 416 g/mol. The molecule has 31 heavy (non-hydrogen) atoms. The molecule has 0 atom stereocenters. The summed E-state index contributed by atoms with van der Waals surface area (Å²) in [7, 11) is 0. The number of ether oxygens (including phenoxy) is 2. The highest BCUT2D eigenvalue weighted by molar-refractivity contribution is 6.78. The number of hydrogen-bond acceptors (Lipinski definition) is 6. The van der Waals surface area contributed by atoms with Crippen LogP contribution in [0.5, 0.6) is 11.5 Å². The fraction of sp³-hybridized carbons (Fsp3) is 0.136. The molecule has 5 rings (SSSR count). The Kier molecular flexibility index (Phi) is 4.55. The first-order chi connectivity index (χ1) is 15.1. The summed E-state index contributed by atoms with van der Waals surface area (Å²) in [4.78, 5) is 46.6. The van der Waals surface area contributed by atoms with Gasteiger partial charge in [0.1, 0.15) is 12.3 Å². The van der Waals surface area contributed by atoms with Crippen LogP contribution in [0.3, 0.4) is 0 Å². The lowest BCUT2D eigenvalue weighted by Gasteiger charge is -2.23. The number of fused-ring (bicyclic) bond motifs is 2. The maximum atomic E-state index is 12.8. The fourth-order valence-electron chi connectivity index (χ4n) is 3.44. The highest BCUT2D eigenvalue weighted by atomic mass is 16.7. The van der Waals surface area contributed by atoms with Crippen LogP contribution in [0.2, 0.25) is 0 Å². The van der Waals surface area contributed by atoms with E-state index in [9.17, 15) is 14.4 Å². The highest BCUT2D eigenvalue weighted by Gasteiger charge is 2.38. The Labute approximate surface area is 176 Å². The molecule has 0 saturated heterocycles. The van der Waals surface area contributed by atoms with Crippen LogP contribution in [0.4, 0.5) is 4.79 Å². The van der Waals surface area contributed by atoms with Gasteiger partial charge in [-0.3, -0.25) is 9.59 Å². The minimum Gasteiger partial charge on any atom is -0.454 e. The molecule has 0 fully saturated rings. The molecule has 1 N–H and O–H groups in total. The van der Waals surface area contributed by atoms with Crippen LogP contribution in [0.25, 0.3) is 5.57 Å². The first kappa shape index (κ1) is 18.7. The highest BCUT2D eigenvalue weighted by Crippen LogP contribution is 2.32. The van der Waals surface area contributed by atoms with Crippen molar-refractivity contribution in [2.24, 2.45) is 9.98 Å². The van der Waals surface area contributed by atoms with Crippen molar-refractivity contribution in [1.29, 1.82) is 0 Å². The Morgan fingerprint density at radius 1 is 1.03 bits per heavy atom. The molecule has 0 saturated carbocycles. The maximum Gasteiger partial charge on any atom is 0.351 e. The quantitative estimate of drug-likeness (QED) is 0.801. The second-order valence-corrected chi connectivity index (χ2v) is 6.99. The van der Waals surface area contributed by atoms with Crippen LogP contribution >= 0.6 is 0 Å². The van der Waals surface area contributed by atoms with Crippen molar-refractivity contribution in [2.75, 3.05) is 13.3 Å². The lowest BCUT2D eigenvalue weighted by molar-refractivity contribution is -0.128. The Bertz CT molecular complexity index is 1200. The van der Waals surface area contributed by atoms with E-state index in [0.717, 1.165) is 16.0 Å². The molecule has 2 aromatic carbocycles. The minimum absolute atomic E-state index is 0.0574. The van der Waals surface area contributed by atoms with Gasteiger partial charge in [0.25, 0.3) is 5.91 Å². The number of amides is 4. The largest absolute Gasteiger partial charge is 0.454 e. The van der Waals surface area contributed by atoms with Crippen LogP contribution in [0, 0.1) is 0 Å². The van der Waals surface area contributed by atoms with Gasteiger partial charge in [0.2, 0.25) is 12.7 Å². The fourth-order valence-corrected chi connectivity index (χ4v) is 3.44. The van der Waals surface area contributed by atoms with E-state index in [2.05, 4.69) is 15.3 Å². The number of hydrogen-bond donors (Lipinski definition) is 1. The zero-order chi connectivity index (χ0) is 21.4. The molecule has 3 aliphatic heterocycles. The average Bonchev–Trinajstić information content (AvgIpc) is 3.42. The van der Waals surface area contributed by atoms with E-state index >= 15 is 0 Å². The molecule has 0 spiro atoms. The molecule has 0 aliphatic carbocycles. The predicted molar refractivity (Wildman–Crippen MR) is 111 cm³/mol. The predicted octanol–water partition coefficient (Wildman–Crippen LogP) is 1.93. The summed E-state index contributed by atoms with van der Waals surface area (Å²) in [5, 5.41) is 2.69. The zero-order valence-corrected chi connectivity index (χ0v) is 16.2. The van der Waals surface area contributed by atoms with Gasteiger partial charge in [-0.05, 0) is 23.3 Å². The third-order valence-electron chi connectivity index (χ3n) is 5.00. The van der Waals surface area contributed by atoms with E-state index in [-0.39, 0.29) is 24.8 Å². The number of allylic oxidation sites excluding steroid dienone is 1. The first-order valence-corrected chi connectivity index (χ1v) is 9.54. The summed E-state index contributed by atoms with van der Waals surface area (Å²) >= 11 is 0. The van der Waals surface area contributed by atoms with Crippen LogP contribution in [-0.2, 0) is 16.1 Å². The molecule has 4 amide bonds. The molecule has 0 unspecified atom stereocenters. The molecule has 0 bridgehead atoms. The van der Waals surface area contributed by atoms with Crippen molar-refractivity contribution in [3.05, 3.63) is 65.9 Å². The SMILES string of the molecule is O=C(CN1C(=O)N=C2C(c3ccccc3)=CN=C2C1=O)NCc1ccc2c(c1)OCO2. The molecule has 9 nitrogen and oxygen atoms in total. The molecule has 154 valence electrons. The number of carbonyl (C=O) groups excluding carboxylic acids is 3. The van der Waals surface area contributed by atoms with Crippen molar-refractivity contribution < 1.29 is 23.9 Å².